The summed E-state index contributed by atoms with van der Waals surface area (Å²) in [5, 5.41) is 2.97. The molecular weight excluding hydrogens is 464 g/mol. The first-order chi connectivity index (χ1) is 16.9. The number of ether oxygens (including phenoxy) is 1. The summed E-state index contributed by atoms with van der Waals surface area (Å²) in [6.45, 7) is 5.44. The van der Waals surface area contributed by atoms with Crippen molar-refractivity contribution in [1.29, 1.82) is 0 Å². The Labute approximate surface area is 207 Å². The molecule has 35 heavy (non-hydrogen) atoms. The number of thiophene rings is 1. The van der Waals surface area contributed by atoms with E-state index < -0.39 is 0 Å². The van der Waals surface area contributed by atoms with Crippen LogP contribution >= 0.6 is 11.3 Å². The lowest BCUT2D eigenvalue weighted by Crippen LogP contribution is -2.42. The minimum atomic E-state index is -0.116. The third-order valence-corrected chi connectivity index (χ3v) is 6.93. The second-order valence-electron chi connectivity index (χ2n) is 8.48. The molecule has 1 N–H and O–H groups in total. The highest BCUT2D eigenvalue weighted by molar-refractivity contribution is 7.13. The molecule has 1 aromatic carbocycles. The first-order valence-electron chi connectivity index (χ1n) is 11.3. The van der Waals surface area contributed by atoms with Gasteiger partial charge >= 0.3 is 0 Å². The first kappa shape index (κ1) is 23.0. The second kappa shape index (κ2) is 9.47. The Bertz CT molecular complexity index is 1400. The molecule has 9 nitrogen and oxygen atoms in total. The third-order valence-electron chi connectivity index (χ3n) is 5.93. The van der Waals surface area contributed by atoms with Crippen molar-refractivity contribution in [3.8, 4) is 17.2 Å². The van der Waals surface area contributed by atoms with Crippen LogP contribution in [0.4, 0.5) is 5.69 Å². The molecule has 1 saturated heterocycles. The average Bonchev–Trinajstić information content (AvgIpc) is 3.57. The normalized spacial score (nSPS) is 13.9. The summed E-state index contributed by atoms with van der Waals surface area (Å²) in [5.41, 5.74) is 4.34. The largest absolute Gasteiger partial charge is 0.370 e. The van der Waals surface area contributed by atoms with Crippen molar-refractivity contribution in [2.75, 3.05) is 24.7 Å². The van der Waals surface area contributed by atoms with E-state index in [4.69, 9.17) is 9.72 Å². The van der Waals surface area contributed by atoms with E-state index in [0.717, 1.165) is 39.0 Å². The van der Waals surface area contributed by atoms with Crippen LogP contribution in [0.5, 0.6) is 0 Å². The predicted octanol–water partition coefficient (Wildman–Crippen LogP) is 3.24. The van der Waals surface area contributed by atoms with Crippen LogP contribution in [0.2, 0.25) is 0 Å². The number of hydrogen-bond acceptors (Lipinski definition) is 6. The van der Waals surface area contributed by atoms with Gasteiger partial charge in [-0.15, -0.1) is 11.3 Å². The maximum atomic E-state index is 12.5. The van der Waals surface area contributed by atoms with E-state index in [9.17, 15) is 9.59 Å². The molecule has 0 unspecified atom stereocenters. The van der Waals surface area contributed by atoms with E-state index >= 15 is 0 Å². The number of aryl methyl sites for hydroxylation is 3. The molecule has 180 valence electrons. The van der Waals surface area contributed by atoms with Gasteiger partial charge in [0.15, 0.2) is 5.82 Å². The summed E-state index contributed by atoms with van der Waals surface area (Å²) in [5.74, 6) is 0.565. The van der Waals surface area contributed by atoms with Gasteiger partial charge in [-0.05, 0) is 49.7 Å². The summed E-state index contributed by atoms with van der Waals surface area (Å²) >= 11 is 1.47. The maximum Gasteiger partial charge on any atom is 0.261 e. The molecule has 4 heterocycles. The van der Waals surface area contributed by atoms with Crippen molar-refractivity contribution < 1.29 is 14.3 Å². The molecule has 1 aliphatic rings. The molecule has 10 heteroatoms. The number of nitrogens with one attached hydrogen (secondary N) is 1. The lowest BCUT2D eigenvalue weighted by Gasteiger charge is -2.28. The van der Waals surface area contributed by atoms with E-state index in [1.807, 2.05) is 66.6 Å². The van der Waals surface area contributed by atoms with E-state index in [1.54, 1.807) is 17.4 Å². The average molecular weight is 491 g/mol. The number of nitrogens with zero attached hydrogens (tertiary/aromatic N) is 5. The smallest absolute Gasteiger partial charge is 0.261 e. The Morgan fingerprint density at radius 3 is 2.77 bits per heavy atom. The minimum Gasteiger partial charge on any atom is -0.370 e. The highest BCUT2D eigenvalue weighted by atomic mass is 32.1. The molecule has 0 spiro atoms. The molecule has 5 rings (SSSR count). The van der Waals surface area contributed by atoms with E-state index in [2.05, 4.69) is 10.3 Å². The van der Waals surface area contributed by atoms with Crippen molar-refractivity contribution >= 4 is 28.8 Å². The van der Waals surface area contributed by atoms with Gasteiger partial charge in [-0.2, -0.15) is 0 Å². The molecule has 3 aromatic heterocycles. The second-order valence-corrected chi connectivity index (χ2v) is 9.77. The fourth-order valence-corrected chi connectivity index (χ4v) is 4.93. The van der Waals surface area contributed by atoms with Gasteiger partial charge in [-0.3, -0.25) is 14.2 Å². The van der Waals surface area contributed by atoms with Crippen molar-refractivity contribution in [3.05, 3.63) is 70.1 Å². The molecule has 1 fully saturated rings. The topological polar surface area (TPSA) is 94.3 Å². The van der Waals surface area contributed by atoms with Crippen molar-refractivity contribution in [2.45, 2.75) is 20.4 Å². The minimum absolute atomic E-state index is 0.0377. The van der Waals surface area contributed by atoms with E-state index in [-0.39, 0.29) is 18.4 Å². The summed E-state index contributed by atoms with van der Waals surface area (Å²) in [6, 6.07) is 9.74. The van der Waals surface area contributed by atoms with Crippen LogP contribution in [0.25, 0.3) is 17.2 Å². The van der Waals surface area contributed by atoms with Crippen molar-refractivity contribution in [1.82, 2.24) is 24.4 Å². The Morgan fingerprint density at radius 2 is 2.09 bits per heavy atom. The number of morpholine rings is 1. The fraction of sp³-hybridized carbons (Fsp3) is 0.280. The Kier molecular flexibility index (Phi) is 6.23. The van der Waals surface area contributed by atoms with Crippen molar-refractivity contribution in [3.63, 3.8) is 0 Å². The number of anilines is 1. The van der Waals surface area contributed by atoms with E-state index in [0.29, 0.717) is 24.6 Å². The molecule has 0 atom stereocenters. The molecule has 0 bridgehead atoms. The summed E-state index contributed by atoms with van der Waals surface area (Å²) in [7, 11) is 1.92. The number of benzene rings is 1. The van der Waals surface area contributed by atoms with Gasteiger partial charge in [0.1, 0.15) is 12.3 Å². The Hall–Kier alpha value is -3.76. The molecule has 0 aliphatic carbocycles. The molecule has 0 radical (unpaired) electrons. The van der Waals surface area contributed by atoms with Crippen molar-refractivity contribution in [2.24, 2.45) is 7.05 Å². The summed E-state index contributed by atoms with van der Waals surface area (Å²) < 4.78 is 9.16. The molecular formula is C25H26N6O3S. The molecule has 2 amide bonds. The highest BCUT2D eigenvalue weighted by Crippen LogP contribution is 2.28. The lowest BCUT2D eigenvalue weighted by molar-refractivity contribution is -0.125. The third kappa shape index (κ3) is 4.62. The SMILES string of the molecule is Cc1ccc(C(=O)NCc2cn(-c3ccc(N4CCOCC4=O)c(C)c3)c(-c3cncn3C)n2)s1. The zero-order valence-corrected chi connectivity index (χ0v) is 20.6. The van der Waals surface area contributed by atoms with E-state index in [1.165, 1.54) is 11.3 Å². The Balaban J connectivity index is 1.46. The van der Waals surface area contributed by atoms with Gasteiger partial charge in [0, 0.05) is 36.0 Å². The number of hydrogen-bond donors (Lipinski definition) is 1. The van der Waals surface area contributed by atoms with Gasteiger partial charge < -0.3 is 19.5 Å². The van der Waals surface area contributed by atoms with Crippen LogP contribution in [-0.4, -0.2) is 50.7 Å². The van der Waals surface area contributed by atoms with Gasteiger partial charge in [-0.25, -0.2) is 9.97 Å². The number of imidazole rings is 2. The zero-order valence-electron chi connectivity index (χ0n) is 19.8. The van der Waals surface area contributed by atoms with Crippen LogP contribution in [0, 0.1) is 13.8 Å². The van der Waals surface area contributed by atoms with Gasteiger partial charge in [0.2, 0.25) is 0 Å². The number of amides is 2. The maximum absolute atomic E-state index is 12.5. The van der Waals surface area contributed by atoms with Crippen LogP contribution in [0.1, 0.15) is 25.8 Å². The van der Waals surface area contributed by atoms with Crippen LogP contribution in [0.3, 0.4) is 0 Å². The summed E-state index contributed by atoms with van der Waals surface area (Å²) in [4.78, 5) is 37.5. The lowest BCUT2D eigenvalue weighted by atomic mass is 10.1. The number of carbonyl (C=O) groups is 2. The quantitative estimate of drug-likeness (QED) is 0.448. The summed E-state index contributed by atoms with van der Waals surface area (Å²) in [6.07, 6.45) is 5.42. The van der Waals surface area contributed by atoms with Crippen LogP contribution in [0.15, 0.2) is 49.1 Å². The number of rotatable bonds is 6. The van der Waals surface area contributed by atoms with Gasteiger partial charge in [0.25, 0.3) is 11.8 Å². The molecule has 1 aliphatic heterocycles. The predicted molar refractivity (Wildman–Crippen MR) is 134 cm³/mol. The number of carbonyl (C=O) groups excluding carboxylic acids is 2. The first-order valence-corrected chi connectivity index (χ1v) is 12.1. The molecule has 4 aromatic rings. The van der Waals surface area contributed by atoms with Gasteiger partial charge in [-0.1, -0.05) is 0 Å². The number of aromatic nitrogens is 4. The fourth-order valence-electron chi connectivity index (χ4n) is 4.14. The van der Waals surface area contributed by atoms with Crippen LogP contribution in [-0.2, 0) is 23.1 Å². The standard InChI is InChI=1S/C25H26N6O3S/c1-16-10-19(5-6-20(16)30-8-9-34-14-23(30)32)31-13-18(28-24(31)21-12-26-15-29(21)3)11-27-25(33)22-7-4-17(2)35-22/h4-7,10,12-13,15H,8-9,11,14H2,1-3H3,(H,27,33). The van der Waals surface area contributed by atoms with Crippen LogP contribution < -0.4 is 10.2 Å². The van der Waals surface area contributed by atoms with Gasteiger partial charge in [0.05, 0.1) is 36.2 Å². The zero-order chi connectivity index (χ0) is 24.5. The highest BCUT2D eigenvalue weighted by Gasteiger charge is 2.22. The molecule has 0 saturated carbocycles. The Morgan fingerprint density at radius 1 is 1.23 bits per heavy atom. The monoisotopic (exact) mass is 490 g/mol.